The van der Waals surface area contributed by atoms with Crippen LogP contribution in [0.4, 0.5) is 0 Å². The predicted molar refractivity (Wildman–Crippen MR) is 71.8 cm³/mol. The van der Waals surface area contributed by atoms with Gasteiger partial charge in [0.2, 0.25) is 0 Å². The van der Waals surface area contributed by atoms with Crippen molar-refractivity contribution in [3.8, 4) is 5.75 Å². The van der Waals surface area contributed by atoms with Crippen molar-refractivity contribution in [1.82, 2.24) is 4.90 Å². The number of nitrogens with two attached hydrogens (primary N) is 1. The summed E-state index contributed by atoms with van der Waals surface area (Å²) in [5, 5.41) is 0. The molecular formula is C14H19N3O. The maximum atomic E-state index is 5.97. The topological polar surface area (TPSA) is 50.8 Å². The predicted octanol–water partition coefficient (Wildman–Crippen LogP) is 1.70. The molecule has 0 bridgehead atoms. The van der Waals surface area contributed by atoms with Gasteiger partial charge in [-0.3, -0.25) is 4.99 Å². The van der Waals surface area contributed by atoms with E-state index >= 15 is 0 Å². The number of fused-ring (bicyclic) bond motifs is 1. The van der Waals surface area contributed by atoms with E-state index in [-0.39, 0.29) is 6.04 Å². The Labute approximate surface area is 107 Å². The van der Waals surface area contributed by atoms with Crippen LogP contribution in [0.15, 0.2) is 23.2 Å². The third-order valence-corrected chi connectivity index (χ3v) is 3.68. The van der Waals surface area contributed by atoms with Crippen molar-refractivity contribution in [2.75, 3.05) is 13.2 Å². The molecule has 4 nitrogen and oxygen atoms in total. The fraction of sp³-hybridized carbons (Fsp3) is 0.500. The van der Waals surface area contributed by atoms with E-state index < -0.39 is 0 Å². The molecule has 0 amide bonds. The van der Waals surface area contributed by atoms with E-state index in [0.717, 1.165) is 25.3 Å². The monoisotopic (exact) mass is 245 g/mol. The van der Waals surface area contributed by atoms with Gasteiger partial charge >= 0.3 is 0 Å². The first-order valence-corrected chi connectivity index (χ1v) is 6.50. The minimum atomic E-state index is 0.274. The van der Waals surface area contributed by atoms with Gasteiger partial charge < -0.3 is 15.4 Å². The van der Waals surface area contributed by atoms with Crippen molar-refractivity contribution in [3.05, 3.63) is 29.3 Å². The van der Waals surface area contributed by atoms with Gasteiger partial charge in [-0.1, -0.05) is 6.07 Å². The van der Waals surface area contributed by atoms with E-state index in [4.69, 9.17) is 10.5 Å². The number of rotatable bonds is 2. The molecule has 2 aliphatic heterocycles. The molecule has 0 saturated heterocycles. The molecule has 2 heterocycles. The van der Waals surface area contributed by atoms with E-state index in [1.165, 1.54) is 11.1 Å². The quantitative estimate of drug-likeness (QED) is 0.862. The zero-order valence-electron chi connectivity index (χ0n) is 10.9. The van der Waals surface area contributed by atoms with Gasteiger partial charge in [-0.05, 0) is 37.1 Å². The lowest BCUT2D eigenvalue weighted by Crippen LogP contribution is -2.40. The zero-order valence-corrected chi connectivity index (χ0v) is 10.9. The molecule has 18 heavy (non-hydrogen) atoms. The number of nitrogens with zero attached hydrogens (tertiary/aromatic N) is 2. The van der Waals surface area contributed by atoms with Gasteiger partial charge in [0.15, 0.2) is 5.96 Å². The summed E-state index contributed by atoms with van der Waals surface area (Å²) < 4.78 is 5.54. The van der Waals surface area contributed by atoms with Crippen molar-refractivity contribution in [1.29, 1.82) is 0 Å². The average molecular weight is 245 g/mol. The molecule has 1 atom stereocenters. The second kappa shape index (κ2) is 4.19. The lowest BCUT2D eigenvalue weighted by molar-refractivity contribution is 0.290. The Morgan fingerprint density at radius 3 is 3.06 bits per heavy atom. The van der Waals surface area contributed by atoms with Gasteiger partial charge in [0.25, 0.3) is 0 Å². The summed E-state index contributed by atoms with van der Waals surface area (Å²) in [6.45, 7) is 5.86. The molecule has 4 heteroatoms. The minimum absolute atomic E-state index is 0.274. The Morgan fingerprint density at radius 1 is 1.44 bits per heavy atom. The summed E-state index contributed by atoms with van der Waals surface area (Å²) in [5.41, 5.74) is 8.57. The highest BCUT2D eigenvalue weighted by atomic mass is 16.5. The van der Waals surface area contributed by atoms with E-state index in [9.17, 15) is 0 Å². The largest absolute Gasteiger partial charge is 0.493 e. The zero-order chi connectivity index (χ0) is 12.7. The third kappa shape index (κ3) is 1.72. The van der Waals surface area contributed by atoms with Gasteiger partial charge in [-0.2, -0.15) is 0 Å². The maximum Gasteiger partial charge on any atom is 0.192 e. The second-order valence-electron chi connectivity index (χ2n) is 5.18. The molecule has 0 spiro atoms. The van der Waals surface area contributed by atoms with Crippen LogP contribution in [-0.4, -0.2) is 30.1 Å². The molecule has 0 aromatic heterocycles. The fourth-order valence-electron chi connectivity index (χ4n) is 2.81. The Kier molecular flexibility index (Phi) is 2.65. The van der Waals surface area contributed by atoms with Crippen LogP contribution in [0.2, 0.25) is 0 Å². The van der Waals surface area contributed by atoms with Gasteiger partial charge in [0.1, 0.15) is 5.75 Å². The standard InChI is InChI=1S/C14H19N3O/c1-9(2)17-12(8-16-14(17)15)10-3-4-13-11(7-10)5-6-18-13/h3-4,7,9,12H,5-6,8H2,1-2H3,(H2,15,16). The van der Waals surface area contributed by atoms with E-state index in [1.807, 2.05) is 0 Å². The first-order chi connectivity index (χ1) is 8.66. The van der Waals surface area contributed by atoms with E-state index in [0.29, 0.717) is 12.0 Å². The number of guanidine groups is 1. The van der Waals surface area contributed by atoms with Crippen molar-refractivity contribution in [3.63, 3.8) is 0 Å². The summed E-state index contributed by atoms with van der Waals surface area (Å²) in [4.78, 5) is 6.57. The Morgan fingerprint density at radius 2 is 2.28 bits per heavy atom. The lowest BCUT2D eigenvalue weighted by Gasteiger charge is -2.30. The average Bonchev–Trinajstić information content (AvgIpc) is 2.93. The summed E-state index contributed by atoms with van der Waals surface area (Å²) >= 11 is 0. The van der Waals surface area contributed by atoms with Crippen LogP contribution in [0.3, 0.4) is 0 Å². The molecule has 1 aromatic carbocycles. The molecular weight excluding hydrogens is 226 g/mol. The SMILES string of the molecule is CC(C)N1C(N)=NCC1c1ccc2c(c1)CCO2. The molecule has 1 aromatic rings. The molecule has 2 N–H and O–H groups in total. The molecule has 0 radical (unpaired) electrons. The van der Waals surface area contributed by atoms with Crippen LogP contribution in [0.1, 0.15) is 31.0 Å². The van der Waals surface area contributed by atoms with Crippen LogP contribution in [0, 0.1) is 0 Å². The first-order valence-electron chi connectivity index (χ1n) is 6.50. The first kappa shape index (κ1) is 11.4. The van der Waals surface area contributed by atoms with Crippen LogP contribution in [0.5, 0.6) is 5.75 Å². The number of benzene rings is 1. The van der Waals surface area contributed by atoms with Crippen molar-refractivity contribution in [2.45, 2.75) is 32.4 Å². The molecule has 2 aliphatic rings. The normalized spacial score (nSPS) is 22.1. The van der Waals surface area contributed by atoms with Crippen LogP contribution in [0.25, 0.3) is 0 Å². The maximum absolute atomic E-state index is 5.97. The molecule has 3 rings (SSSR count). The highest BCUT2D eigenvalue weighted by Gasteiger charge is 2.30. The van der Waals surface area contributed by atoms with Crippen molar-refractivity contribution >= 4 is 5.96 Å². The van der Waals surface area contributed by atoms with Crippen molar-refractivity contribution in [2.24, 2.45) is 10.7 Å². The summed E-state index contributed by atoms with van der Waals surface area (Å²) in [6, 6.07) is 7.10. The van der Waals surface area contributed by atoms with Gasteiger partial charge in [-0.15, -0.1) is 0 Å². The molecule has 1 unspecified atom stereocenters. The number of hydrogen-bond donors (Lipinski definition) is 1. The molecule has 0 aliphatic carbocycles. The molecule has 0 fully saturated rings. The van der Waals surface area contributed by atoms with Crippen molar-refractivity contribution < 1.29 is 4.74 Å². The van der Waals surface area contributed by atoms with E-state index in [2.05, 4.69) is 41.9 Å². The van der Waals surface area contributed by atoms with Crippen LogP contribution in [-0.2, 0) is 6.42 Å². The summed E-state index contributed by atoms with van der Waals surface area (Å²) in [6.07, 6.45) is 1.01. The third-order valence-electron chi connectivity index (χ3n) is 3.68. The molecule has 0 saturated carbocycles. The highest BCUT2D eigenvalue weighted by Crippen LogP contribution is 2.32. The summed E-state index contributed by atoms with van der Waals surface area (Å²) in [5.74, 6) is 1.69. The summed E-state index contributed by atoms with van der Waals surface area (Å²) in [7, 11) is 0. The second-order valence-corrected chi connectivity index (χ2v) is 5.18. The van der Waals surface area contributed by atoms with Crippen LogP contribution < -0.4 is 10.5 Å². The Balaban J connectivity index is 1.91. The fourth-order valence-corrected chi connectivity index (χ4v) is 2.81. The van der Waals surface area contributed by atoms with Gasteiger partial charge in [-0.25, -0.2) is 0 Å². The smallest absolute Gasteiger partial charge is 0.192 e. The molecule has 96 valence electrons. The Hall–Kier alpha value is -1.71. The number of ether oxygens (including phenoxy) is 1. The lowest BCUT2D eigenvalue weighted by atomic mass is 10.0. The van der Waals surface area contributed by atoms with E-state index in [1.54, 1.807) is 0 Å². The number of aliphatic imine (C=N–C) groups is 1. The van der Waals surface area contributed by atoms with Gasteiger partial charge in [0.05, 0.1) is 19.2 Å². The van der Waals surface area contributed by atoms with Crippen LogP contribution >= 0.6 is 0 Å². The number of hydrogen-bond acceptors (Lipinski definition) is 4. The Bertz CT molecular complexity index is 496. The highest BCUT2D eigenvalue weighted by molar-refractivity contribution is 5.80. The minimum Gasteiger partial charge on any atom is -0.493 e. The van der Waals surface area contributed by atoms with Gasteiger partial charge in [0, 0.05) is 12.5 Å².